The molecule has 0 radical (unpaired) electrons. The van der Waals surface area contributed by atoms with E-state index in [1.807, 2.05) is 30.0 Å². The average molecular weight is 328 g/mol. The normalized spacial score (nSPS) is 25.7. The Morgan fingerprint density at radius 3 is 2.86 bits per heavy atom. The highest BCUT2D eigenvalue weighted by Gasteiger charge is 2.41. The average Bonchev–Trinajstić information content (AvgIpc) is 2.84. The molecule has 1 aromatic rings. The van der Waals surface area contributed by atoms with Crippen molar-refractivity contribution in [2.45, 2.75) is 56.0 Å². The Labute approximate surface area is 137 Å². The second-order valence-corrected chi connectivity index (χ2v) is 7.81. The predicted molar refractivity (Wildman–Crippen MR) is 92.2 cm³/mol. The van der Waals surface area contributed by atoms with Gasteiger partial charge in [-0.2, -0.15) is 0 Å². The predicted octanol–water partition coefficient (Wildman–Crippen LogP) is 4.35. The summed E-state index contributed by atoms with van der Waals surface area (Å²) in [5.74, 6) is 1.61. The van der Waals surface area contributed by atoms with E-state index in [0.29, 0.717) is 12.0 Å². The Morgan fingerprint density at radius 1 is 1.43 bits per heavy atom. The number of halogens is 1. The lowest BCUT2D eigenvalue weighted by molar-refractivity contribution is 0.113. The van der Waals surface area contributed by atoms with Crippen LogP contribution in [0.25, 0.3) is 0 Å². The van der Waals surface area contributed by atoms with E-state index >= 15 is 0 Å². The van der Waals surface area contributed by atoms with Gasteiger partial charge < -0.3 is 10.4 Å². The van der Waals surface area contributed by atoms with Gasteiger partial charge in [-0.25, -0.2) is 0 Å². The van der Waals surface area contributed by atoms with Gasteiger partial charge in [0.15, 0.2) is 0 Å². The molecule has 2 unspecified atom stereocenters. The molecule has 1 saturated carbocycles. The molecular weight excluding hydrogens is 302 g/mol. The minimum atomic E-state index is -0.0742. The molecule has 0 aromatic heterocycles. The lowest BCUT2D eigenvalue weighted by Gasteiger charge is -2.37. The Hall–Kier alpha value is -0.220. The zero-order valence-corrected chi connectivity index (χ0v) is 14.5. The van der Waals surface area contributed by atoms with Crippen LogP contribution in [0.5, 0.6) is 0 Å². The van der Waals surface area contributed by atoms with Crippen molar-refractivity contribution in [1.82, 2.24) is 5.32 Å². The van der Waals surface area contributed by atoms with Crippen LogP contribution in [0, 0.1) is 5.92 Å². The molecule has 1 fully saturated rings. The monoisotopic (exact) mass is 327 g/mol. The Kier molecular flexibility index (Phi) is 6.42. The fraction of sp³-hybridized carbons (Fsp3) is 0.647. The van der Waals surface area contributed by atoms with Crippen LogP contribution in [0.2, 0.25) is 5.02 Å². The number of thioether (sulfide) groups is 1. The number of aliphatic hydroxyl groups excluding tert-OH is 1. The molecule has 4 heteroatoms. The molecule has 0 amide bonds. The number of nitrogens with one attached hydrogen (secondary N) is 1. The fourth-order valence-corrected chi connectivity index (χ4v) is 4.76. The van der Waals surface area contributed by atoms with Gasteiger partial charge in [0.1, 0.15) is 0 Å². The SMILES string of the molecule is CC(C)NC1(CO)CCCC1CCSc1ccccc1Cl. The summed E-state index contributed by atoms with van der Waals surface area (Å²) in [5, 5.41) is 14.4. The van der Waals surface area contributed by atoms with E-state index < -0.39 is 0 Å². The van der Waals surface area contributed by atoms with Gasteiger partial charge >= 0.3 is 0 Å². The van der Waals surface area contributed by atoms with E-state index in [2.05, 4.69) is 25.2 Å². The highest BCUT2D eigenvalue weighted by Crippen LogP contribution is 2.39. The lowest BCUT2D eigenvalue weighted by atomic mass is 9.85. The Morgan fingerprint density at radius 2 is 2.19 bits per heavy atom. The quantitative estimate of drug-likeness (QED) is 0.730. The summed E-state index contributed by atoms with van der Waals surface area (Å²) in [6.07, 6.45) is 4.63. The van der Waals surface area contributed by atoms with E-state index in [-0.39, 0.29) is 12.1 Å². The number of benzene rings is 1. The minimum absolute atomic E-state index is 0.0742. The molecule has 1 aromatic carbocycles. The van der Waals surface area contributed by atoms with Crippen LogP contribution in [-0.4, -0.2) is 29.0 Å². The molecule has 2 rings (SSSR count). The standard InChI is InChI=1S/C17H26ClNOS/c1-13(2)19-17(12-20)10-5-6-14(17)9-11-21-16-8-4-3-7-15(16)18/h3-4,7-8,13-14,19-20H,5-6,9-12H2,1-2H3. The summed E-state index contributed by atoms with van der Waals surface area (Å²) in [4.78, 5) is 1.16. The molecule has 1 aliphatic rings. The zero-order valence-electron chi connectivity index (χ0n) is 12.9. The highest BCUT2D eigenvalue weighted by molar-refractivity contribution is 7.99. The number of aliphatic hydroxyl groups is 1. The summed E-state index contributed by atoms with van der Waals surface area (Å²) >= 11 is 8.02. The fourth-order valence-electron chi connectivity index (χ4n) is 3.46. The third kappa shape index (κ3) is 4.38. The van der Waals surface area contributed by atoms with Crippen molar-refractivity contribution in [2.75, 3.05) is 12.4 Å². The van der Waals surface area contributed by atoms with E-state index in [9.17, 15) is 5.11 Å². The molecule has 2 atom stereocenters. The molecule has 0 saturated heterocycles. The second kappa shape index (κ2) is 7.87. The van der Waals surface area contributed by atoms with Crippen LogP contribution in [0.4, 0.5) is 0 Å². The van der Waals surface area contributed by atoms with E-state index in [1.165, 1.54) is 12.8 Å². The van der Waals surface area contributed by atoms with Crippen LogP contribution in [-0.2, 0) is 0 Å². The first-order valence-electron chi connectivity index (χ1n) is 7.83. The Bertz CT molecular complexity index is 454. The molecule has 1 aliphatic carbocycles. The van der Waals surface area contributed by atoms with Gasteiger partial charge in [0.05, 0.1) is 11.6 Å². The minimum Gasteiger partial charge on any atom is -0.394 e. The molecule has 21 heavy (non-hydrogen) atoms. The topological polar surface area (TPSA) is 32.3 Å². The van der Waals surface area contributed by atoms with Crippen molar-refractivity contribution in [2.24, 2.45) is 5.92 Å². The van der Waals surface area contributed by atoms with Gasteiger partial charge in [-0.1, -0.05) is 44.0 Å². The summed E-state index contributed by atoms with van der Waals surface area (Å²) < 4.78 is 0. The van der Waals surface area contributed by atoms with Gasteiger partial charge in [-0.15, -0.1) is 11.8 Å². The first-order chi connectivity index (χ1) is 10.1. The molecule has 2 nitrogen and oxygen atoms in total. The summed E-state index contributed by atoms with van der Waals surface area (Å²) in [6.45, 7) is 4.56. The van der Waals surface area contributed by atoms with Gasteiger partial charge in [-0.05, 0) is 43.1 Å². The van der Waals surface area contributed by atoms with Crippen LogP contribution in [0.1, 0.15) is 39.5 Å². The van der Waals surface area contributed by atoms with Crippen molar-refractivity contribution in [1.29, 1.82) is 0 Å². The Balaban J connectivity index is 1.91. The second-order valence-electron chi connectivity index (χ2n) is 6.27. The van der Waals surface area contributed by atoms with Crippen molar-refractivity contribution in [3.05, 3.63) is 29.3 Å². The maximum absolute atomic E-state index is 9.91. The van der Waals surface area contributed by atoms with Crippen molar-refractivity contribution in [3.63, 3.8) is 0 Å². The number of hydrogen-bond donors (Lipinski definition) is 2. The highest BCUT2D eigenvalue weighted by atomic mass is 35.5. The summed E-state index contributed by atoms with van der Waals surface area (Å²) in [7, 11) is 0. The van der Waals surface area contributed by atoms with Gasteiger partial charge in [0.2, 0.25) is 0 Å². The van der Waals surface area contributed by atoms with Crippen LogP contribution in [0.3, 0.4) is 0 Å². The first kappa shape index (κ1) is 17.1. The zero-order chi connectivity index (χ0) is 15.3. The van der Waals surface area contributed by atoms with E-state index in [1.54, 1.807) is 0 Å². The van der Waals surface area contributed by atoms with E-state index in [4.69, 9.17) is 11.6 Å². The van der Waals surface area contributed by atoms with Crippen molar-refractivity contribution < 1.29 is 5.11 Å². The largest absolute Gasteiger partial charge is 0.394 e. The van der Waals surface area contributed by atoms with Crippen LogP contribution >= 0.6 is 23.4 Å². The van der Waals surface area contributed by atoms with E-state index in [0.717, 1.165) is 28.5 Å². The third-order valence-electron chi connectivity index (χ3n) is 4.38. The number of rotatable bonds is 7. The molecule has 0 spiro atoms. The van der Waals surface area contributed by atoms with Gasteiger partial charge in [-0.3, -0.25) is 0 Å². The van der Waals surface area contributed by atoms with Crippen molar-refractivity contribution >= 4 is 23.4 Å². The lowest BCUT2D eigenvalue weighted by Crippen LogP contribution is -2.54. The number of hydrogen-bond acceptors (Lipinski definition) is 3. The first-order valence-corrected chi connectivity index (χ1v) is 9.19. The van der Waals surface area contributed by atoms with Gasteiger partial charge in [0, 0.05) is 16.5 Å². The smallest absolute Gasteiger partial charge is 0.0616 e. The molecule has 2 N–H and O–H groups in total. The molecule has 0 bridgehead atoms. The molecule has 0 aliphatic heterocycles. The summed E-state index contributed by atoms with van der Waals surface area (Å²) in [5.41, 5.74) is -0.0742. The maximum Gasteiger partial charge on any atom is 0.0616 e. The molecule has 0 heterocycles. The molecule has 118 valence electrons. The van der Waals surface area contributed by atoms with Crippen LogP contribution in [0.15, 0.2) is 29.2 Å². The van der Waals surface area contributed by atoms with Crippen LogP contribution < -0.4 is 5.32 Å². The third-order valence-corrected chi connectivity index (χ3v) is 5.92. The maximum atomic E-state index is 9.91. The van der Waals surface area contributed by atoms with Gasteiger partial charge in [0.25, 0.3) is 0 Å². The molecular formula is C17H26ClNOS. The summed E-state index contributed by atoms with van der Waals surface area (Å²) in [6, 6.07) is 8.42. The van der Waals surface area contributed by atoms with Crippen molar-refractivity contribution in [3.8, 4) is 0 Å².